The van der Waals surface area contributed by atoms with E-state index in [-0.39, 0.29) is 32.0 Å². The number of allylic oxidation sites excluding steroid dienone is 10. The normalized spacial score (nSPS) is 13.4. The van der Waals surface area contributed by atoms with Gasteiger partial charge in [0.1, 0.15) is 19.8 Å². The summed E-state index contributed by atoms with van der Waals surface area (Å²) in [7, 11) is 1.18. The van der Waals surface area contributed by atoms with Gasteiger partial charge in [-0.25, -0.2) is 0 Å². The van der Waals surface area contributed by atoms with Gasteiger partial charge in [-0.05, 0) is 83.5 Å². The van der Waals surface area contributed by atoms with Crippen molar-refractivity contribution in [3.8, 4) is 0 Å². The molecule has 0 N–H and O–H groups in total. The van der Waals surface area contributed by atoms with Gasteiger partial charge in [0.2, 0.25) is 0 Å². The molecule has 504 valence electrons. The van der Waals surface area contributed by atoms with Crippen LogP contribution in [-0.2, 0) is 32.7 Å². The average Bonchev–Trinajstić information content (AvgIpc) is 3.56. The van der Waals surface area contributed by atoms with Crippen LogP contribution in [0.4, 0.5) is 0 Å². The lowest BCUT2D eigenvalue weighted by atomic mass is 10.0. The van der Waals surface area contributed by atoms with E-state index in [1.807, 2.05) is 21.1 Å². The molecule has 9 nitrogen and oxygen atoms in total. The first-order valence-corrected chi connectivity index (χ1v) is 38.5. The zero-order valence-corrected chi connectivity index (χ0v) is 58.4. The maximum atomic E-state index is 12.9. The third-order valence-electron chi connectivity index (χ3n) is 16.5. The van der Waals surface area contributed by atoms with Gasteiger partial charge in [-0.2, -0.15) is 0 Å². The number of nitrogens with zero attached hydrogens (tertiary/aromatic N) is 1. The first-order chi connectivity index (χ1) is 42.0. The van der Waals surface area contributed by atoms with E-state index < -0.39 is 26.5 Å². The Labute approximate surface area is 534 Å². The highest BCUT2D eigenvalue weighted by Gasteiger charge is 2.22. The van der Waals surface area contributed by atoms with Crippen molar-refractivity contribution >= 4 is 19.8 Å². The van der Waals surface area contributed by atoms with Crippen molar-refractivity contribution in [2.24, 2.45) is 0 Å². The van der Waals surface area contributed by atoms with Crippen LogP contribution in [0.25, 0.3) is 0 Å². The van der Waals surface area contributed by atoms with Crippen molar-refractivity contribution in [2.45, 2.75) is 367 Å². The minimum atomic E-state index is -4.64. The van der Waals surface area contributed by atoms with Gasteiger partial charge in [0.05, 0.1) is 27.7 Å². The fourth-order valence-corrected chi connectivity index (χ4v) is 11.5. The summed E-state index contributed by atoms with van der Waals surface area (Å²) in [6, 6.07) is 0. The maximum absolute atomic E-state index is 12.9. The number of hydrogen-bond acceptors (Lipinski definition) is 8. The Bertz CT molecular complexity index is 1630. The minimum absolute atomic E-state index is 0.0300. The molecule has 0 spiro atoms. The van der Waals surface area contributed by atoms with Crippen LogP contribution >= 0.6 is 7.82 Å². The molecule has 0 radical (unpaired) electrons. The van der Waals surface area contributed by atoms with Crippen LogP contribution in [-0.4, -0.2) is 70.0 Å². The van der Waals surface area contributed by atoms with Crippen LogP contribution in [0.3, 0.4) is 0 Å². The van der Waals surface area contributed by atoms with Crippen LogP contribution in [0.1, 0.15) is 361 Å². The van der Waals surface area contributed by atoms with Crippen molar-refractivity contribution in [1.82, 2.24) is 0 Å². The molecule has 0 rings (SSSR count). The number of hydrogen-bond donors (Lipinski definition) is 0. The summed E-state index contributed by atoms with van der Waals surface area (Å²) in [4.78, 5) is 38.1. The summed E-state index contributed by atoms with van der Waals surface area (Å²) in [5, 5.41) is 0. The highest BCUT2D eigenvalue weighted by molar-refractivity contribution is 7.45. The van der Waals surface area contributed by atoms with Crippen LogP contribution in [0.2, 0.25) is 0 Å². The van der Waals surface area contributed by atoms with Crippen molar-refractivity contribution in [2.75, 3.05) is 47.5 Å². The summed E-state index contributed by atoms with van der Waals surface area (Å²) in [6.07, 6.45) is 88.9. The number of esters is 2. The SMILES string of the molecule is CCCCCCC/C=C\C/C=C\C/C=C\CCCCCCCCCCCCCCCCCCCCCCCCCCC(=O)OC(COC(=O)CCCCCCCCCCCCC/C=C\C/C=C\CCCCCCC)COP(=O)([O-])OCC[N+](C)(C)C. The van der Waals surface area contributed by atoms with E-state index in [4.69, 9.17) is 18.5 Å². The fourth-order valence-electron chi connectivity index (χ4n) is 10.8. The van der Waals surface area contributed by atoms with Gasteiger partial charge in [0, 0.05) is 12.8 Å². The predicted molar refractivity (Wildman–Crippen MR) is 370 cm³/mol. The molecule has 0 aromatic heterocycles. The number of rotatable bonds is 69. The summed E-state index contributed by atoms with van der Waals surface area (Å²) in [5.41, 5.74) is 0. The molecule has 0 aromatic carbocycles. The van der Waals surface area contributed by atoms with E-state index in [9.17, 15) is 19.0 Å². The molecule has 10 heteroatoms. The molecule has 0 aliphatic rings. The molecule has 0 aliphatic carbocycles. The highest BCUT2D eigenvalue weighted by Crippen LogP contribution is 2.38. The number of carbonyl (C=O) groups excluding carboxylic acids is 2. The van der Waals surface area contributed by atoms with Gasteiger partial charge in [0.15, 0.2) is 6.10 Å². The molecule has 2 atom stereocenters. The second-order valence-electron chi connectivity index (χ2n) is 26.3. The van der Waals surface area contributed by atoms with Gasteiger partial charge >= 0.3 is 11.9 Å². The lowest BCUT2D eigenvalue weighted by Crippen LogP contribution is -2.37. The summed E-state index contributed by atoms with van der Waals surface area (Å²) >= 11 is 0. The third-order valence-corrected chi connectivity index (χ3v) is 17.5. The van der Waals surface area contributed by atoms with Gasteiger partial charge < -0.3 is 27.9 Å². The first-order valence-electron chi connectivity index (χ1n) is 37.0. The first kappa shape index (κ1) is 83.7. The third kappa shape index (κ3) is 70.8. The van der Waals surface area contributed by atoms with Crippen molar-refractivity contribution in [3.63, 3.8) is 0 Å². The average molecular weight is 1230 g/mol. The zero-order chi connectivity index (χ0) is 62.6. The number of quaternary nitrogens is 1. The topological polar surface area (TPSA) is 111 Å². The Balaban J connectivity index is 3.93. The Morgan fingerprint density at radius 1 is 0.360 bits per heavy atom. The van der Waals surface area contributed by atoms with Crippen LogP contribution in [0, 0.1) is 0 Å². The molecule has 0 aliphatic heterocycles. The van der Waals surface area contributed by atoms with Crippen LogP contribution < -0.4 is 4.89 Å². The molecule has 0 fully saturated rings. The smallest absolute Gasteiger partial charge is 0.306 e. The Kier molecular flexibility index (Phi) is 65.3. The number of ether oxygens (including phenoxy) is 2. The van der Waals surface area contributed by atoms with Gasteiger partial charge in [-0.1, -0.05) is 325 Å². The van der Waals surface area contributed by atoms with Crippen LogP contribution in [0.15, 0.2) is 60.8 Å². The minimum Gasteiger partial charge on any atom is -0.756 e. The molecule has 0 heterocycles. The number of carbonyl (C=O) groups is 2. The highest BCUT2D eigenvalue weighted by atomic mass is 31.2. The molecule has 0 saturated carbocycles. The fraction of sp³-hybridized carbons (Fsp3) is 0.842. The second-order valence-corrected chi connectivity index (χ2v) is 27.7. The van der Waals surface area contributed by atoms with Crippen LogP contribution in [0.5, 0.6) is 0 Å². The Morgan fingerprint density at radius 3 is 0.930 bits per heavy atom. The summed E-state index contributed by atoms with van der Waals surface area (Å²) < 4.78 is 34.3. The van der Waals surface area contributed by atoms with Crippen molar-refractivity contribution < 1.29 is 42.1 Å². The number of likely N-dealkylation sites (N-methyl/N-ethyl adjacent to an activating group) is 1. The monoisotopic (exact) mass is 1230 g/mol. The van der Waals surface area contributed by atoms with Crippen molar-refractivity contribution in [1.29, 1.82) is 0 Å². The largest absolute Gasteiger partial charge is 0.756 e. The molecule has 0 amide bonds. The van der Waals surface area contributed by atoms with Gasteiger partial charge in [-0.3, -0.25) is 14.2 Å². The van der Waals surface area contributed by atoms with E-state index in [0.29, 0.717) is 17.4 Å². The van der Waals surface area contributed by atoms with Gasteiger partial charge in [-0.15, -0.1) is 0 Å². The maximum Gasteiger partial charge on any atom is 0.306 e. The van der Waals surface area contributed by atoms with E-state index in [1.54, 1.807) is 0 Å². The van der Waals surface area contributed by atoms with Gasteiger partial charge in [0.25, 0.3) is 7.82 Å². The number of unbranched alkanes of at least 4 members (excludes halogenated alkanes) is 45. The molecule has 0 bridgehead atoms. The molecular weight excluding hydrogens is 1090 g/mol. The molecule has 0 saturated heterocycles. The molecule has 2 unspecified atom stereocenters. The second kappa shape index (κ2) is 67.1. The Hall–Kier alpha value is -2.29. The van der Waals surface area contributed by atoms with E-state index in [2.05, 4.69) is 74.6 Å². The zero-order valence-electron chi connectivity index (χ0n) is 57.5. The van der Waals surface area contributed by atoms with E-state index in [0.717, 1.165) is 51.4 Å². The standard InChI is InChI=1S/C76H142NO8P/c1-6-8-10-12-14-16-18-20-22-24-26-28-30-31-32-33-34-35-36-37-38-39-40-41-42-43-44-45-47-49-51-53-55-57-59-61-63-65-67-69-76(79)85-74(73-84-86(80,81)83-71-70-77(3,4)5)72-82-75(78)68-66-64-62-60-58-56-54-52-50-48-46-29-27-25-23-21-19-17-15-13-11-9-7-2/h18-21,24-27,30-31,74H,6-17,22-23,28-29,32-73H2,1-5H3/b20-18-,21-19-,26-24-,27-25-,31-30-. The number of phosphoric ester groups is 1. The van der Waals surface area contributed by atoms with Crippen molar-refractivity contribution in [3.05, 3.63) is 60.8 Å². The lowest BCUT2D eigenvalue weighted by Gasteiger charge is -2.28. The quantitative estimate of drug-likeness (QED) is 0.0195. The molecule has 0 aromatic rings. The molecular formula is C76H142NO8P. The summed E-state index contributed by atoms with van der Waals surface area (Å²) in [6.45, 7) is 4.27. The Morgan fingerprint density at radius 2 is 0.628 bits per heavy atom. The van der Waals surface area contributed by atoms with E-state index in [1.165, 1.54) is 276 Å². The van der Waals surface area contributed by atoms with E-state index >= 15 is 0 Å². The number of phosphoric acid groups is 1. The lowest BCUT2D eigenvalue weighted by molar-refractivity contribution is -0.870. The predicted octanol–water partition coefficient (Wildman–Crippen LogP) is 23.5. The summed E-state index contributed by atoms with van der Waals surface area (Å²) in [5.74, 6) is -0.819. The molecule has 86 heavy (non-hydrogen) atoms.